The fourth-order valence-electron chi connectivity index (χ4n) is 2.95. The van der Waals surface area contributed by atoms with Crippen molar-refractivity contribution in [2.75, 3.05) is 6.61 Å². The van der Waals surface area contributed by atoms with Crippen molar-refractivity contribution in [1.29, 1.82) is 0 Å². The van der Waals surface area contributed by atoms with Crippen molar-refractivity contribution >= 4 is 13.1 Å². The Morgan fingerprint density at radius 1 is 1.04 bits per heavy atom. The molecule has 138 valence electrons. The zero-order valence-corrected chi connectivity index (χ0v) is 16.6. The summed E-state index contributed by atoms with van der Waals surface area (Å²) in [4.78, 5) is 12.1. The van der Waals surface area contributed by atoms with Crippen LogP contribution in [0.1, 0.15) is 77.7 Å². The van der Waals surface area contributed by atoms with Gasteiger partial charge >= 0.3 is 13.1 Å². The van der Waals surface area contributed by atoms with Gasteiger partial charge in [-0.3, -0.25) is 4.79 Å². The van der Waals surface area contributed by atoms with Crippen molar-refractivity contribution < 1.29 is 18.8 Å². The van der Waals surface area contributed by atoms with E-state index >= 15 is 0 Å². The summed E-state index contributed by atoms with van der Waals surface area (Å²) >= 11 is 0. The van der Waals surface area contributed by atoms with Crippen molar-refractivity contribution in [2.24, 2.45) is 0 Å². The van der Waals surface area contributed by atoms with E-state index in [0.29, 0.717) is 12.5 Å². The third-order valence-electron chi connectivity index (χ3n) is 5.32. The molecule has 1 aliphatic heterocycles. The van der Waals surface area contributed by atoms with Crippen LogP contribution in [0.2, 0.25) is 0 Å². The van der Waals surface area contributed by atoms with Gasteiger partial charge in [-0.05, 0) is 51.7 Å². The molecule has 0 aromatic heterocycles. The van der Waals surface area contributed by atoms with Crippen LogP contribution in [0, 0.1) is 0 Å². The van der Waals surface area contributed by atoms with E-state index < -0.39 is 18.3 Å². The quantitative estimate of drug-likeness (QED) is 0.563. The predicted molar refractivity (Wildman–Crippen MR) is 101 cm³/mol. The fourth-order valence-corrected chi connectivity index (χ4v) is 2.95. The Labute approximate surface area is 152 Å². The van der Waals surface area contributed by atoms with Crippen LogP contribution >= 0.6 is 0 Å². The third kappa shape index (κ3) is 4.45. The van der Waals surface area contributed by atoms with Gasteiger partial charge in [-0.15, -0.1) is 0 Å². The summed E-state index contributed by atoms with van der Waals surface area (Å²) in [5.41, 5.74) is 1.45. The maximum atomic E-state index is 12.1. The van der Waals surface area contributed by atoms with E-state index in [1.165, 1.54) is 5.56 Å². The number of ether oxygens (including phenoxy) is 1. The van der Waals surface area contributed by atoms with E-state index in [0.717, 1.165) is 5.56 Å². The summed E-state index contributed by atoms with van der Waals surface area (Å²) in [5, 5.41) is 0. The second-order valence-electron chi connectivity index (χ2n) is 8.06. The Kier molecular flexibility index (Phi) is 6.00. The molecule has 1 heterocycles. The Hall–Kier alpha value is -1.33. The number of hydrogen-bond acceptors (Lipinski definition) is 4. The van der Waals surface area contributed by atoms with Gasteiger partial charge < -0.3 is 14.0 Å². The van der Waals surface area contributed by atoms with Gasteiger partial charge in [-0.2, -0.15) is 0 Å². The fraction of sp³-hybridized carbons (Fsp3) is 0.650. The first kappa shape index (κ1) is 20.0. The van der Waals surface area contributed by atoms with E-state index in [1.54, 1.807) is 0 Å². The largest absolute Gasteiger partial charge is 0.466 e. The molecule has 0 saturated carbocycles. The molecular weight excluding hydrogens is 315 g/mol. The van der Waals surface area contributed by atoms with Crippen LogP contribution in [0.3, 0.4) is 0 Å². The van der Waals surface area contributed by atoms with Crippen molar-refractivity contribution in [3.63, 3.8) is 0 Å². The zero-order valence-electron chi connectivity index (χ0n) is 16.6. The highest BCUT2D eigenvalue weighted by Crippen LogP contribution is 2.42. The van der Waals surface area contributed by atoms with Crippen molar-refractivity contribution in [3.05, 3.63) is 35.4 Å². The first-order valence-electron chi connectivity index (χ1n) is 9.18. The van der Waals surface area contributed by atoms with Gasteiger partial charge in [-0.25, -0.2) is 0 Å². The van der Waals surface area contributed by atoms with Crippen molar-refractivity contribution in [1.82, 2.24) is 0 Å². The maximum Gasteiger partial charge on any atom is 0.466 e. The lowest BCUT2D eigenvalue weighted by Gasteiger charge is -2.32. The molecule has 0 bridgehead atoms. The molecule has 1 atom stereocenters. The highest BCUT2D eigenvalue weighted by molar-refractivity contribution is 6.48. The zero-order chi connectivity index (χ0) is 18.8. The number of carbonyl (C=O) groups is 1. The minimum atomic E-state index is -0.473. The van der Waals surface area contributed by atoms with Crippen LogP contribution in [0.4, 0.5) is 0 Å². The molecule has 25 heavy (non-hydrogen) atoms. The monoisotopic (exact) mass is 346 g/mol. The molecule has 0 radical (unpaired) electrons. The van der Waals surface area contributed by atoms with Gasteiger partial charge in [0.05, 0.1) is 24.2 Å². The number of hydrogen-bond donors (Lipinski definition) is 0. The van der Waals surface area contributed by atoms with Gasteiger partial charge in [0.1, 0.15) is 0 Å². The Bertz CT molecular complexity index is 576. The van der Waals surface area contributed by atoms with Crippen LogP contribution in [0.5, 0.6) is 0 Å². The molecule has 1 aromatic rings. The summed E-state index contributed by atoms with van der Waals surface area (Å²) in [6.07, 6.45) is 0.242. The molecule has 5 heteroatoms. The van der Waals surface area contributed by atoms with Crippen molar-refractivity contribution in [2.45, 2.75) is 77.8 Å². The van der Waals surface area contributed by atoms with Crippen LogP contribution in [-0.2, 0) is 18.8 Å². The molecule has 1 saturated heterocycles. The van der Waals surface area contributed by atoms with Crippen LogP contribution in [0.25, 0.3) is 0 Å². The number of esters is 1. The van der Waals surface area contributed by atoms with E-state index in [2.05, 4.69) is 38.1 Å². The average molecular weight is 346 g/mol. The summed E-state index contributed by atoms with van der Waals surface area (Å²) in [6.45, 7) is 14.6. The minimum absolute atomic E-state index is 0.193. The van der Waals surface area contributed by atoms with E-state index in [1.807, 2.05) is 34.6 Å². The molecule has 1 fully saturated rings. The first-order chi connectivity index (χ1) is 11.6. The summed E-state index contributed by atoms with van der Waals surface area (Å²) in [6, 6.07) is 8.38. The molecule has 1 aromatic carbocycles. The van der Waals surface area contributed by atoms with Crippen LogP contribution in [0.15, 0.2) is 24.3 Å². The lowest BCUT2D eigenvalue weighted by molar-refractivity contribution is -0.143. The SMILES string of the molecule is CCOC(=O)CC(B1OC(C)(C)C(C)(C)O1)c1ccc(C(C)C)cc1. The highest BCUT2D eigenvalue weighted by Gasteiger charge is 2.54. The van der Waals surface area contributed by atoms with E-state index in [9.17, 15) is 4.79 Å². The third-order valence-corrected chi connectivity index (χ3v) is 5.32. The van der Waals surface area contributed by atoms with Gasteiger partial charge in [0.2, 0.25) is 0 Å². The normalized spacial score (nSPS) is 19.9. The molecular formula is C20H31BO4. The van der Waals surface area contributed by atoms with Gasteiger partial charge in [0, 0.05) is 5.82 Å². The molecule has 2 rings (SSSR count). The van der Waals surface area contributed by atoms with Gasteiger partial charge in [0.25, 0.3) is 0 Å². The van der Waals surface area contributed by atoms with Crippen LogP contribution in [-0.4, -0.2) is 30.9 Å². The lowest BCUT2D eigenvalue weighted by atomic mass is 9.66. The minimum Gasteiger partial charge on any atom is -0.466 e. The molecule has 0 spiro atoms. The molecule has 4 nitrogen and oxygen atoms in total. The maximum absolute atomic E-state index is 12.1. The smallest absolute Gasteiger partial charge is 0.466 e. The van der Waals surface area contributed by atoms with E-state index in [-0.39, 0.29) is 18.2 Å². The molecule has 0 N–H and O–H groups in total. The number of benzene rings is 1. The second kappa shape index (κ2) is 7.51. The van der Waals surface area contributed by atoms with E-state index in [4.69, 9.17) is 14.0 Å². The van der Waals surface area contributed by atoms with Gasteiger partial charge in [-0.1, -0.05) is 38.1 Å². The van der Waals surface area contributed by atoms with Gasteiger partial charge in [0.15, 0.2) is 0 Å². The molecule has 0 aliphatic carbocycles. The van der Waals surface area contributed by atoms with Crippen molar-refractivity contribution in [3.8, 4) is 0 Å². The topological polar surface area (TPSA) is 44.8 Å². The number of carbonyl (C=O) groups excluding carboxylic acids is 1. The van der Waals surface area contributed by atoms with Crippen LogP contribution < -0.4 is 0 Å². The molecule has 0 amide bonds. The highest BCUT2D eigenvalue weighted by atomic mass is 16.7. The summed E-state index contributed by atoms with van der Waals surface area (Å²) < 4.78 is 17.6. The Balaban J connectivity index is 2.29. The molecule has 1 aliphatic rings. The Morgan fingerprint density at radius 2 is 1.52 bits per heavy atom. The lowest BCUT2D eigenvalue weighted by Crippen LogP contribution is -2.41. The number of rotatable bonds is 6. The standard InChI is InChI=1S/C20H31BO4/c1-8-23-18(22)13-17(16-11-9-15(10-12-16)14(2)3)21-24-19(4,5)20(6,7)25-21/h9-12,14,17H,8,13H2,1-7H3. The molecule has 1 unspecified atom stereocenters. The Morgan fingerprint density at radius 3 is 1.96 bits per heavy atom. The predicted octanol–water partition coefficient (Wildman–Crippen LogP) is 4.48. The average Bonchev–Trinajstić information content (AvgIpc) is 2.73. The first-order valence-corrected chi connectivity index (χ1v) is 9.18. The summed E-state index contributed by atoms with van der Waals surface area (Å²) in [7, 11) is -0.473. The summed E-state index contributed by atoms with van der Waals surface area (Å²) in [5.74, 6) is 0.0471. The second-order valence-corrected chi connectivity index (χ2v) is 8.06.